The zero-order valence-corrected chi connectivity index (χ0v) is 30.3. The van der Waals surface area contributed by atoms with Crippen LogP contribution in [0.25, 0.3) is 76.8 Å². The van der Waals surface area contributed by atoms with Crippen molar-refractivity contribution in [2.24, 2.45) is 0 Å². The van der Waals surface area contributed by atoms with Crippen LogP contribution in [0, 0.1) is 0 Å². The highest BCUT2D eigenvalue weighted by atomic mass is 15.1. The van der Waals surface area contributed by atoms with E-state index in [9.17, 15) is 0 Å². The monoisotopic (exact) mass is 699 g/mol. The van der Waals surface area contributed by atoms with Gasteiger partial charge in [0.1, 0.15) is 0 Å². The normalized spacial score (nSPS) is 11.3. The Balaban J connectivity index is 1.14. The van der Waals surface area contributed by atoms with E-state index in [1.807, 2.05) is 0 Å². The van der Waals surface area contributed by atoms with Gasteiger partial charge in [0.05, 0.1) is 0 Å². The van der Waals surface area contributed by atoms with Crippen LogP contribution in [0.2, 0.25) is 0 Å². The van der Waals surface area contributed by atoms with Crippen LogP contribution in [0.1, 0.15) is 0 Å². The van der Waals surface area contributed by atoms with Crippen molar-refractivity contribution in [2.45, 2.75) is 0 Å². The third-order valence-electron chi connectivity index (χ3n) is 10.8. The predicted molar refractivity (Wildman–Crippen MR) is 235 cm³/mol. The quantitative estimate of drug-likeness (QED) is 0.150. The van der Waals surface area contributed by atoms with E-state index in [1.54, 1.807) is 0 Å². The van der Waals surface area contributed by atoms with Crippen LogP contribution >= 0.6 is 0 Å². The highest BCUT2D eigenvalue weighted by Gasteiger charge is 2.20. The Kier molecular flexibility index (Phi) is 8.24. The van der Waals surface area contributed by atoms with Crippen molar-refractivity contribution < 1.29 is 0 Å². The van der Waals surface area contributed by atoms with Gasteiger partial charge in [-0.1, -0.05) is 188 Å². The van der Waals surface area contributed by atoms with E-state index in [0.717, 1.165) is 17.1 Å². The van der Waals surface area contributed by atoms with E-state index < -0.39 is 0 Å². The number of rotatable bonds is 7. The summed E-state index contributed by atoms with van der Waals surface area (Å²) in [5, 5.41) is 7.54. The summed E-state index contributed by atoms with van der Waals surface area (Å²) in [5.74, 6) is 0. The van der Waals surface area contributed by atoms with Crippen LogP contribution in [0.15, 0.2) is 224 Å². The minimum absolute atomic E-state index is 1.10. The minimum atomic E-state index is 1.10. The molecule has 0 radical (unpaired) electrons. The van der Waals surface area contributed by atoms with Gasteiger partial charge >= 0.3 is 0 Å². The van der Waals surface area contributed by atoms with Gasteiger partial charge in [0.2, 0.25) is 0 Å². The molecule has 0 atom stereocenters. The molecular weight excluding hydrogens is 663 g/mol. The molecule has 0 fully saturated rings. The smallest absolute Gasteiger partial charge is 0.0467 e. The molecule has 0 amide bonds. The molecule has 0 aliphatic carbocycles. The van der Waals surface area contributed by atoms with Gasteiger partial charge in [-0.15, -0.1) is 0 Å². The molecule has 10 aromatic carbocycles. The molecule has 0 bridgehead atoms. The van der Waals surface area contributed by atoms with Crippen LogP contribution in [0.5, 0.6) is 0 Å². The van der Waals surface area contributed by atoms with E-state index in [2.05, 4.69) is 229 Å². The number of benzene rings is 10. The Morgan fingerprint density at radius 2 is 0.673 bits per heavy atom. The lowest BCUT2D eigenvalue weighted by Crippen LogP contribution is -2.10. The van der Waals surface area contributed by atoms with Gasteiger partial charge in [-0.25, -0.2) is 0 Å². The summed E-state index contributed by atoms with van der Waals surface area (Å²) in [4.78, 5) is 2.37. The molecule has 0 aromatic heterocycles. The standard InChI is InChI=1S/C54H37N/c1-4-17-38(18-5-1)46-31-15-21-40-22-16-32-47(52(40)46)39-33-35-44(36-34-39)55(43-24-8-3-9-25-43)45-26-14-23-42(37-45)54-51-30-13-11-28-49(51)48-27-10-12-29-50(48)53(54)41-19-6-2-7-20-41/h1-37H. The maximum atomic E-state index is 2.37. The second-order valence-corrected chi connectivity index (χ2v) is 14.1. The van der Waals surface area contributed by atoms with Gasteiger partial charge < -0.3 is 4.90 Å². The first-order valence-corrected chi connectivity index (χ1v) is 18.9. The zero-order chi connectivity index (χ0) is 36.6. The first-order valence-electron chi connectivity index (χ1n) is 18.9. The van der Waals surface area contributed by atoms with Crippen molar-refractivity contribution in [1.29, 1.82) is 0 Å². The Morgan fingerprint density at radius 1 is 0.255 bits per heavy atom. The fourth-order valence-corrected chi connectivity index (χ4v) is 8.40. The van der Waals surface area contributed by atoms with Gasteiger partial charge in [0, 0.05) is 17.1 Å². The van der Waals surface area contributed by atoms with Gasteiger partial charge in [-0.2, -0.15) is 0 Å². The molecule has 0 saturated carbocycles. The Bertz CT molecular complexity index is 2940. The lowest BCUT2D eigenvalue weighted by Gasteiger charge is -2.27. The minimum Gasteiger partial charge on any atom is -0.310 e. The van der Waals surface area contributed by atoms with Crippen molar-refractivity contribution in [3.05, 3.63) is 224 Å². The first-order chi connectivity index (χ1) is 27.3. The lowest BCUT2D eigenvalue weighted by atomic mass is 9.85. The summed E-state index contributed by atoms with van der Waals surface area (Å²) in [6.07, 6.45) is 0. The number of anilines is 3. The van der Waals surface area contributed by atoms with Gasteiger partial charge in [0.25, 0.3) is 0 Å². The van der Waals surface area contributed by atoms with Crippen LogP contribution < -0.4 is 4.90 Å². The molecule has 0 aliphatic rings. The maximum Gasteiger partial charge on any atom is 0.0467 e. The number of hydrogen-bond acceptors (Lipinski definition) is 1. The van der Waals surface area contributed by atoms with Crippen LogP contribution in [-0.4, -0.2) is 0 Å². The second kappa shape index (κ2) is 14.0. The average Bonchev–Trinajstić information content (AvgIpc) is 3.27. The van der Waals surface area contributed by atoms with E-state index >= 15 is 0 Å². The van der Waals surface area contributed by atoms with Gasteiger partial charge in [-0.05, 0) is 113 Å². The molecule has 258 valence electrons. The second-order valence-electron chi connectivity index (χ2n) is 14.1. The molecule has 1 heteroatoms. The summed E-state index contributed by atoms with van der Waals surface area (Å²) in [6, 6.07) is 81.3. The lowest BCUT2D eigenvalue weighted by molar-refractivity contribution is 1.28. The predicted octanol–water partition coefficient (Wildman–Crippen LogP) is 15.3. The Morgan fingerprint density at radius 3 is 1.27 bits per heavy atom. The largest absolute Gasteiger partial charge is 0.310 e. The fourth-order valence-electron chi connectivity index (χ4n) is 8.40. The fraction of sp³-hybridized carbons (Fsp3) is 0. The number of fused-ring (bicyclic) bond motifs is 4. The van der Waals surface area contributed by atoms with Gasteiger partial charge in [0.15, 0.2) is 0 Å². The molecular formula is C54H37N. The molecule has 0 saturated heterocycles. The van der Waals surface area contributed by atoms with Crippen LogP contribution in [-0.2, 0) is 0 Å². The molecule has 10 rings (SSSR count). The van der Waals surface area contributed by atoms with Crippen LogP contribution in [0.4, 0.5) is 17.1 Å². The topological polar surface area (TPSA) is 3.24 Å². The van der Waals surface area contributed by atoms with Crippen molar-refractivity contribution in [3.8, 4) is 44.5 Å². The molecule has 10 aromatic rings. The van der Waals surface area contributed by atoms with Crippen molar-refractivity contribution >= 4 is 49.4 Å². The molecule has 0 N–H and O–H groups in total. The summed E-state index contributed by atoms with van der Waals surface area (Å²) < 4.78 is 0. The Labute approximate surface area is 322 Å². The van der Waals surface area contributed by atoms with E-state index in [-0.39, 0.29) is 0 Å². The molecule has 1 nitrogen and oxygen atoms in total. The van der Waals surface area contributed by atoms with E-state index in [1.165, 1.54) is 76.8 Å². The average molecular weight is 700 g/mol. The Hall–Kier alpha value is -7.22. The molecule has 55 heavy (non-hydrogen) atoms. The molecule has 0 heterocycles. The number of hydrogen-bond donors (Lipinski definition) is 0. The highest BCUT2D eigenvalue weighted by molar-refractivity contribution is 6.21. The van der Waals surface area contributed by atoms with Crippen molar-refractivity contribution in [3.63, 3.8) is 0 Å². The maximum absolute atomic E-state index is 2.37. The molecule has 0 spiro atoms. The number of nitrogens with zero attached hydrogens (tertiary/aromatic N) is 1. The number of para-hydroxylation sites is 1. The highest BCUT2D eigenvalue weighted by Crippen LogP contribution is 2.46. The summed E-state index contributed by atoms with van der Waals surface area (Å²) in [6.45, 7) is 0. The zero-order valence-electron chi connectivity index (χ0n) is 30.3. The van der Waals surface area contributed by atoms with Crippen LogP contribution in [0.3, 0.4) is 0 Å². The third-order valence-corrected chi connectivity index (χ3v) is 10.8. The molecule has 0 aliphatic heterocycles. The first kappa shape index (κ1) is 32.4. The van der Waals surface area contributed by atoms with E-state index in [0.29, 0.717) is 0 Å². The van der Waals surface area contributed by atoms with Gasteiger partial charge in [-0.3, -0.25) is 0 Å². The third kappa shape index (κ3) is 5.84. The van der Waals surface area contributed by atoms with E-state index in [4.69, 9.17) is 0 Å². The van der Waals surface area contributed by atoms with Crippen molar-refractivity contribution in [2.75, 3.05) is 4.90 Å². The SMILES string of the molecule is c1ccc(-c2c(-c3cccc(N(c4ccccc4)c4ccc(-c5cccc6cccc(-c7ccccc7)c56)cc4)c3)c3ccccc3c3ccccc23)cc1. The molecule has 0 unspecified atom stereocenters. The summed E-state index contributed by atoms with van der Waals surface area (Å²) in [7, 11) is 0. The van der Waals surface area contributed by atoms with Crippen molar-refractivity contribution in [1.82, 2.24) is 0 Å². The summed E-state index contributed by atoms with van der Waals surface area (Å²) >= 11 is 0. The summed E-state index contributed by atoms with van der Waals surface area (Å²) in [5.41, 5.74) is 13.1.